The highest BCUT2D eigenvalue weighted by Gasteiger charge is 2.44. The van der Waals surface area contributed by atoms with Crippen molar-refractivity contribution < 1.29 is 14.6 Å². The van der Waals surface area contributed by atoms with Crippen LogP contribution in [0.1, 0.15) is 32.6 Å². The Bertz CT molecular complexity index is 244. The van der Waals surface area contributed by atoms with Gasteiger partial charge in [0.1, 0.15) is 0 Å². The lowest BCUT2D eigenvalue weighted by atomic mass is 9.74. The molecule has 2 fully saturated rings. The van der Waals surface area contributed by atoms with Gasteiger partial charge in [-0.25, -0.2) is 0 Å². The van der Waals surface area contributed by atoms with E-state index in [1.54, 1.807) is 7.11 Å². The molecule has 0 bridgehead atoms. The first-order chi connectivity index (χ1) is 8.08. The van der Waals surface area contributed by atoms with E-state index < -0.39 is 5.60 Å². The van der Waals surface area contributed by atoms with Gasteiger partial charge in [0.25, 0.3) is 0 Å². The summed E-state index contributed by atoms with van der Waals surface area (Å²) in [7, 11) is 1.65. The van der Waals surface area contributed by atoms with Gasteiger partial charge in [-0.1, -0.05) is 0 Å². The maximum absolute atomic E-state index is 10.5. The van der Waals surface area contributed by atoms with Crippen LogP contribution in [-0.4, -0.2) is 48.1 Å². The van der Waals surface area contributed by atoms with Crippen LogP contribution in [0, 0.1) is 5.92 Å². The third kappa shape index (κ3) is 3.16. The topological polar surface area (TPSA) is 38.7 Å². The summed E-state index contributed by atoms with van der Waals surface area (Å²) in [6, 6.07) is 0. The largest absolute Gasteiger partial charge is 0.387 e. The lowest BCUT2D eigenvalue weighted by Crippen LogP contribution is -2.50. The highest BCUT2D eigenvalue weighted by atomic mass is 32.2. The molecule has 1 spiro atoms. The van der Waals surface area contributed by atoms with E-state index in [1.165, 1.54) is 11.5 Å². The summed E-state index contributed by atoms with van der Waals surface area (Å²) in [6.07, 6.45) is 4.21. The zero-order valence-corrected chi connectivity index (χ0v) is 11.7. The van der Waals surface area contributed by atoms with Crippen LogP contribution in [0.15, 0.2) is 0 Å². The minimum absolute atomic E-state index is 0.0475. The summed E-state index contributed by atoms with van der Waals surface area (Å²) in [4.78, 5) is 0. The monoisotopic (exact) mass is 260 g/mol. The van der Waals surface area contributed by atoms with E-state index in [2.05, 4.69) is 0 Å². The van der Waals surface area contributed by atoms with Crippen molar-refractivity contribution >= 4 is 11.8 Å². The molecule has 0 aromatic heterocycles. The summed E-state index contributed by atoms with van der Waals surface area (Å²) >= 11 is 2.01. The van der Waals surface area contributed by atoms with Crippen molar-refractivity contribution in [3.63, 3.8) is 0 Å². The molecule has 2 saturated heterocycles. The molecule has 2 atom stereocenters. The first-order valence-corrected chi connectivity index (χ1v) is 7.66. The van der Waals surface area contributed by atoms with E-state index in [9.17, 15) is 5.11 Å². The van der Waals surface area contributed by atoms with Gasteiger partial charge in [0.05, 0.1) is 17.8 Å². The predicted octanol–water partition coefficient (Wildman–Crippen LogP) is 2.08. The number of hydrogen-bond donors (Lipinski definition) is 1. The number of thioether (sulfide) groups is 1. The molecule has 100 valence electrons. The molecule has 4 heteroatoms. The van der Waals surface area contributed by atoms with E-state index in [-0.39, 0.29) is 5.60 Å². The third-order valence-corrected chi connectivity index (χ3v) is 5.20. The van der Waals surface area contributed by atoms with Crippen LogP contribution in [0.25, 0.3) is 0 Å². The molecule has 0 aliphatic carbocycles. The number of ether oxygens (including phenoxy) is 2. The van der Waals surface area contributed by atoms with Crippen molar-refractivity contribution in [3.05, 3.63) is 0 Å². The molecule has 1 N–H and O–H groups in total. The highest BCUT2D eigenvalue weighted by Crippen LogP contribution is 2.42. The van der Waals surface area contributed by atoms with Gasteiger partial charge in [0, 0.05) is 13.7 Å². The smallest absolute Gasteiger partial charge is 0.0881 e. The summed E-state index contributed by atoms with van der Waals surface area (Å²) in [5, 5.41) is 10.5. The van der Waals surface area contributed by atoms with Crippen LogP contribution in [0.2, 0.25) is 0 Å². The molecule has 0 saturated carbocycles. The van der Waals surface area contributed by atoms with Gasteiger partial charge in [-0.05, 0) is 50.0 Å². The second-order valence-corrected chi connectivity index (χ2v) is 6.85. The van der Waals surface area contributed by atoms with Gasteiger partial charge >= 0.3 is 0 Å². The predicted molar refractivity (Wildman–Crippen MR) is 70.5 cm³/mol. The summed E-state index contributed by atoms with van der Waals surface area (Å²) in [5.74, 6) is 2.69. The van der Waals surface area contributed by atoms with Gasteiger partial charge in [-0.2, -0.15) is 11.8 Å². The Hall–Kier alpha value is 0.230. The van der Waals surface area contributed by atoms with Gasteiger partial charge in [0.2, 0.25) is 0 Å². The molecule has 2 aliphatic heterocycles. The zero-order valence-electron chi connectivity index (χ0n) is 10.9. The molecule has 2 unspecified atom stereocenters. The first kappa shape index (κ1) is 13.7. The summed E-state index contributed by atoms with van der Waals surface area (Å²) in [6.45, 7) is 3.11. The Kier molecular flexibility index (Phi) is 4.40. The Balaban J connectivity index is 2.00. The van der Waals surface area contributed by atoms with Crippen LogP contribution in [0.4, 0.5) is 0 Å². The fourth-order valence-corrected chi connectivity index (χ4v) is 4.30. The van der Waals surface area contributed by atoms with Crippen molar-refractivity contribution in [2.75, 3.05) is 31.8 Å². The molecule has 0 amide bonds. The van der Waals surface area contributed by atoms with Gasteiger partial charge in [0.15, 0.2) is 0 Å². The maximum Gasteiger partial charge on any atom is 0.0881 e. The molecule has 0 aromatic carbocycles. The minimum Gasteiger partial charge on any atom is -0.387 e. The van der Waals surface area contributed by atoms with Crippen molar-refractivity contribution in [2.45, 2.75) is 43.8 Å². The molecule has 0 aromatic rings. The standard InChI is InChI=1S/C13H24O3S/c1-12(14,10-15-2)11-3-6-16-13(9-11)4-7-17-8-5-13/h11,14H,3-10H2,1-2H3. The van der Waals surface area contributed by atoms with Crippen molar-refractivity contribution in [2.24, 2.45) is 5.92 Å². The average Bonchev–Trinajstić information content (AvgIpc) is 2.30. The molecular weight excluding hydrogens is 236 g/mol. The molecule has 17 heavy (non-hydrogen) atoms. The van der Waals surface area contributed by atoms with Gasteiger partial charge in [-0.3, -0.25) is 0 Å². The maximum atomic E-state index is 10.5. The number of rotatable bonds is 3. The molecule has 2 heterocycles. The highest BCUT2D eigenvalue weighted by molar-refractivity contribution is 7.99. The summed E-state index contributed by atoms with van der Waals surface area (Å²) < 4.78 is 11.2. The molecule has 3 nitrogen and oxygen atoms in total. The fourth-order valence-electron chi connectivity index (χ4n) is 3.06. The van der Waals surface area contributed by atoms with E-state index in [0.717, 1.165) is 32.3 Å². The first-order valence-electron chi connectivity index (χ1n) is 6.51. The minimum atomic E-state index is -0.712. The normalized spacial score (nSPS) is 32.3. The van der Waals surface area contributed by atoms with Crippen LogP contribution >= 0.6 is 11.8 Å². The van der Waals surface area contributed by atoms with E-state index >= 15 is 0 Å². The third-order valence-electron chi connectivity index (χ3n) is 4.21. The zero-order chi connectivity index (χ0) is 12.4. The molecule has 2 rings (SSSR count). The Labute approximate surface area is 108 Å². The van der Waals surface area contributed by atoms with Crippen LogP contribution < -0.4 is 0 Å². The van der Waals surface area contributed by atoms with Crippen LogP contribution in [0.5, 0.6) is 0 Å². The van der Waals surface area contributed by atoms with Gasteiger partial charge in [-0.15, -0.1) is 0 Å². The number of hydrogen-bond acceptors (Lipinski definition) is 4. The van der Waals surface area contributed by atoms with Crippen LogP contribution in [-0.2, 0) is 9.47 Å². The van der Waals surface area contributed by atoms with Gasteiger partial charge < -0.3 is 14.6 Å². The lowest BCUT2D eigenvalue weighted by Gasteiger charge is -2.47. The number of methoxy groups -OCH3 is 1. The lowest BCUT2D eigenvalue weighted by molar-refractivity contribution is -0.154. The molecule has 2 aliphatic rings. The Morgan fingerprint density at radius 1 is 1.47 bits per heavy atom. The van der Waals surface area contributed by atoms with Crippen LogP contribution in [0.3, 0.4) is 0 Å². The van der Waals surface area contributed by atoms with E-state index in [0.29, 0.717) is 12.5 Å². The Morgan fingerprint density at radius 2 is 2.18 bits per heavy atom. The fraction of sp³-hybridized carbons (Fsp3) is 1.00. The number of aliphatic hydroxyl groups is 1. The average molecular weight is 260 g/mol. The van der Waals surface area contributed by atoms with Crippen molar-refractivity contribution in [1.29, 1.82) is 0 Å². The Morgan fingerprint density at radius 3 is 2.82 bits per heavy atom. The quantitative estimate of drug-likeness (QED) is 0.843. The van der Waals surface area contributed by atoms with Crippen molar-refractivity contribution in [3.8, 4) is 0 Å². The summed E-state index contributed by atoms with van der Waals surface area (Å²) in [5.41, 5.74) is -0.665. The second kappa shape index (κ2) is 5.47. The molecule has 0 radical (unpaired) electrons. The van der Waals surface area contributed by atoms with E-state index in [1.807, 2.05) is 18.7 Å². The second-order valence-electron chi connectivity index (χ2n) is 5.62. The molecular formula is C13H24O3S. The SMILES string of the molecule is COCC(C)(O)C1CCOC2(CCSCC2)C1. The van der Waals surface area contributed by atoms with E-state index in [4.69, 9.17) is 9.47 Å². The van der Waals surface area contributed by atoms with Crippen molar-refractivity contribution in [1.82, 2.24) is 0 Å².